The number of nitrogens with one attached hydrogen (secondary N) is 1. The van der Waals surface area contributed by atoms with E-state index < -0.39 is 10.0 Å². The molecule has 0 bridgehead atoms. The van der Waals surface area contributed by atoms with Crippen LogP contribution in [0.2, 0.25) is 0 Å². The van der Waals surface area contributed by atoms with E-state index in [9.17, 15) is 18.0 Å². The Morgan fingerprint density at radius 3 is 2.50 bits per heavy atom. The molecule has 3 atom stereocenters. The number of hydrogen-bond donors (Lipinski definition) is 1. The number of carbonyl (C=O) groups excluding carboxylic acids is 2. The lowest BCUT2D eigenvalue weighted by Gasteiger charge is -2.34. The zero-order chi connectivity index (χ0) is 21.9. The predicted octanol–water partition coefficient (Wildman–Crippen LogP) is 2.34. The minimum absolute atomic E-state index is 0.0281. The normalized spacial score (nSPS) is 25.7. The number of piperidine rings is 2. The molecule has 7 nitrogen and oxygen atoms in total. The molecule has 30 heavy (non-hydrogen) atoms. The minimum atomic E-state index is -3.65. The Hall–Kier alpha value is -1.93. The highest BCUT2D eigenvalue weighted by Crippen LogP contribution is 2.27. The third-order valence-corrected chi connectivity index (χ3v) is 7.81. The van der Waals surface area contributed by atoms with Crippen molar-refractivity contribution in [3.05, 3.63) is 29.8 Å². The third-order valence-electron chi connectivity index (χ3n) is 5.98. The highest BCUT2D eigenvalue weighted by molar-refractivity contribution is 7.89. The maximum Gasteiger partial charge on any atom is 0.253 e. The Morgan fingerprint density at radius 2 is 1.83 bits per heavy atom. The van der Waals surface area contributed by atoms with Gasteiger partial charge in [0.25, 0.3) is 5.91 Å². The summed E-state index contributed by atoms with van der Waals surface area (Å²) in [6.07, 6.45) is 2.54. The number of sulfonamides is 1. The minimum Gasteiger partial charge on any atom is -0.356 e. The Morgan fingerprint density at radius 1 is 1.13 bits per heavy atom. The molecule has 2 amide bonds. The van der Waals surface area contributed by atoms with E-state index in [2.05, 4.69) is 19.2 Å². The Kier molecular flexibility index (Phi) is 7.18. The zero-order valence-corrected chi connectivity index (χ0v) is 19.0. The van der Waals surface area contributed by atoms with Gasteiger partial charge >= 0.3 is 0 Å². The van der Waals surface area contributed by atoms with Gasteiger partial charge in [0.1, 0.15) is 0 Å². The van der Waals surface area contributed by atoms with Crippen LogP contribution in [-0.2, 0) is 14.8 Å². The van der Waals surface area contributed by atoms with E-state index in [-0.39, 0.29) is 22.6 Å². The third kappa shape index (κ3) is 5.03. The van der Waals surface area contributed by atoms with Crippen molar-refractivity contribution in [3.8, 4) is 0 Å². The maximum atomic E-state index is 13.2. The lowest BCUT2D eigenvalue weighted by Crippen LogP contribution is -2.45. The molecule has 3 unspecified atom stereocenters. The molecule has 0 aliphatic carbocycles. The molecule has 2 aliphatic rings. The number of nitrogens with zero attached hydrogens (tertiary/aromatic N) is 2. The van der Waals surface area contributed by atoms with Gasteiger partial charge in [0.2, 0.25) is 15.9 Å². The van der Waals surface area contributed by atoms with Gasteiger partial charge in [0.05, 0.1) is 10.8 Å². The number of hydrogen-bond acceptors (Lipinski definition) is 4. The van der Waals surface area contributed by atoms with Crippen LogP contribution in [0.15, 0.2) is 29.2 Å². The molecule has 2 saturated heterocycles. The quantitative estimate of drug-likeness (QED) is 0.769. The summed E-state index contributed by atoms with van der Waals surface area (Å²) in [5.74, 6) is 0.160. The van der Waals surface area contributed by atoms with Crippen LogP contribution < -0.4 is 5.32 Å². The summed E-state index contributed by atoms with van der Waals surface area (Å²) in [5, 5.41) is 2.83. The van der Waals surface area contributed by atoms with Gasteiger partial charge in [0.15, 0.2) is 0 Å². The fourth-order valence-corrected chi connectivity index (χ4v) is 6.34. The second kappa shape index (κ2) is 9.47. The SMILES string of the molecule is CCNC(=O)C1CCCN(C(=O)c2cccc(S(=O)(=O)N3CC(C)CC(C)C3)c2)C1. The number of likely N-dealkylation sites (tertiary alicyclic amines) is 1. The Bertz CT molecular complexity index is 876. The van der Waals surface area contributed by atoms with Crippen molar-refractivity contribution in [2.75, 3.05) is 32.7 Å². The molecular formula is C22H33N3O4S. The molecule has 1 aromatic carbocycles. The number of amides is 2. The van der Waals surface area contributed by atoms with Gasteiger partial charge in [-0.25, -0.2) is 8.42 Å². The molecule has 2 aliphatic heterocycles. The van der Waals surface area contributed by atoms with Crippen molar-refractivity contribution in [1.82, 2.24) is 14.5 Å². The van der Waals surface area contributed by atoms with Gasteiger partial charge in [-0.1, -0.05) is 19.9 Å². The second-order valence-corrected chi connectivity index (χ2v) is 10.7. The molecule has 0 radical (unpaired) electrons. The number of rotatable bonds is 5. The summed E-state index contributed by atoms with van der Waals surface area (Å²) in [7, 11) is -3.65. The first-order valence-corrected chi connectivity index (χ1v) is 12.3. The van der Waals surface area contributed by atoms with E-state index in [1.54, 1.807) is 27.4 Å². The van der Waals surface area contributed by atoms with Gasteiger partial charge in [-0.15, -0.1) is 0 Å². The summed E-state index contributed by atoms with van der Waals surface area (Å²) in [4.78, 5) is 27.1. The smallest absolute Gasteiger partial charge is 0.253 e. The lowest BCUT2D eigenvalue weighted by atomic mass is 9.94. The van der Waals surface area contributed by atoms with Crippen molar-refractivity contribution in [3.63, 3.8) is 0 Å². The summed E-state index contributed by atoms with van der Waals surface area (Å²) in [5.41, 5.74) is 0.353. The summed E-state index contributed by atoms with van der Waals surface area (Å²) < 4.78 is 27.9. The molecule has 1 N–H and O–H groups in total. The van der Waals surface area contributed by atoms with Gasteiger partial charge in [0, 0.05) is 38.3 Å². The van der Waals surface area contributed by atoms with Crippen LogP contribution in [0.3, 0.4) is 0 Å². The van der Waals surface area contributed by atoms with Gasteiger partial charge < -0.3 is 10.2 Å². The van der Waals surface area contributed by atoms with Crippen LogP contribution in [0.5, 0.6) is 0 Å². The van der Waals surface area contributed by atoms with Crippen molar-refractivity contribution >= 4 is 21.8 Å². The average Bonchev–Trinajstić information content (AvgIpc) is 2.73. The molecule has 1 aromatic rings. The highest BCUT2D eigenvalue weighted by Gasteiger charge is 2.33. The van der Waals surface area contributed by atoms with Crippen LogP contribution in [0.1, 0.15) is 50.4 Å². The van der Waals surface area contributed by atoms with Gasteiger partial charge in [-0.05, 0) is 56.2 Å². The van der Waals surface area contributed by atoms with Crippen molar-refractivity contribution < 1.29 is 18.0 Å². The van der Waals surface area contributed by atoms with E-state index in [1.165, 1.54) is 6.07 Å². The average molecular weight is 436 g/mol. The molecule has 0 aromatic heterocycles. The van der Waals surface area contributed by atoms with Crippen molar-refractivity contribution in [2.45, 2.75) is 44.9 Å². The fraction of sp³-hybridized carbons (Fsp3) is 0.636. The largest absolute Gasteiger partial charge is 0.356 e. The molecule has 166 valence electrons. The number of benzene rings is 1. The monoisotopic (exact) mass is 435 g/mol. The molecule has 2 heterocycles. The molecular weight excluding hydrogens is 402 g/mol. The van der Waals surface area contributed by atoms with E-state index in [4.69, 9.17) is 0 Å². The molecule has 3 rings (SSSR count). The van der Waals surface area contributed by atoms with Crippen LogP contribution in [0, 0.1) is 17.8 Å². The standard InChI is InChI=1S/C22H33N3O4S/c1-4-23-21(26)19-8-6-10-24(15-19)22(27)18-7-5-9-20(12-18)30(28,29)25-13-16(2)11-17(3)14-25/h5,7,9,12,16-17,19H,4,6,8,10-11,13-15H2,1-3H3,(H,23,26). The predicted molar refractivity (Wildman–Crippen MR) is 115 cm³/mol. The Balaban J connectivity index is 1.77. The molecule has 0 saturated carbocycles. The van der Waals surface area contributed by atoms with Crippen LogP contribution in [0.25, 0.3) is 0 Å². The maximum absolute atomic E-state index is 13.2. The first-order valence-electron chi connectivity index (χ1n) is 10.9. The summed E-state index contributed by atoms with van der Waals surface area (Å²) >= 11 is 0. The molecule has 2 fully saturated rings. The van der Waals surface area contributed by atoms with Crippen molar-refractivity contribution in [2.24, 2.45) is 17.8 Å². The zero-order valence-electron chi connectivity index (χ0n) is 18.1. The van der Waals surface area contributed by atoms with E-state index in [0.717, 1.165) is 19.3 Å². The second-order valence-electron chi connectivity index (χ2n) is 8.78. The van der Waals surface area contributed by atoms with Gasteiger partial charge in [-0.2, -0.15) is 4.31 Å². The topological polar surface area (TPSA) is 86.8 Å². The first kappa shape index (κ1) is 22.7. The van der Waals surface area contributed by atoms with Gasteiger partial charge in [-0.3, -0.25) is 9.59 Å². The van der Waals surface area contributed by atoms with Crippen molar-refractivity contribution in [1.29, 1.82) is 0 Å². The van der Waals surface area contributed by atoms with E-state index in [1.807, 2.05) is 6.92 Å². The fourth-order valence-electron chi connectivity index (χ4n) is 4.62. The molecule has 8 heteroatoms. The first-order chi connectivity index (χ1) is 14.2. The highest BCUT2D eigenvalue weighted by atomic mass is 32.2. The van der Waals surface area contributed by atoms with E-state index >= 15 is 0 Å². The number of carbonyl (C=O) groups is 2. The van der Waals surface area contributed by atoms with E-state index in [0.29, 0.717) is 50.1 Å². The summed E-state index contributed by atoms with van der Waals surface area (Å²) in [6, 6.07) is 6.32. The Labute approximate surface area is 179 Å². The van der Waals surface area contributed by atoms with Crippen LogP contribution in [-0.4, -0.2) is 62.2 Å². The molecule has 0 spiro atoms. The van der Waals surface area contributed by atoms with Crippen LogP contribution in [0.4, 0.5) is 0 Å². The van der Waals surface area contributed by atoms with Crippen LogP contribution >= 0.6 is 0 Å². The lowest BCUT2D eigenvalue weighted by molar-refractivity contribution is -0.126. The summed E-state index contributed by atoms with van der Waals surface area (Å²) in [6.45, 7) is 8.53.